The average molecular weight is 243 g/mol. The SMILES string of the molecule is Cc1nn(C2CCCC2=O)cc1Br. The van der Waals surface area contributed by atoms with Crippen molar-refractivity contribution >= 4 is 21.7 Å². The lowest BCUT2D eigenvalue weighted by Crippen LogP contribution is -2.13. The molecule has 0 N–H and O–H groups in total. The minimum absolute atomic E-state index is 0.00926. The lowest BCUT2D eigenvalue weighted by molar-refractivity contribution is -0.120. The normalized spacial score (nSPS) is 22.6. The molecule has 1 aromatic rings. The predicted octanol–water partition coefficient (Wildman–Crippen LogP) is 2.25. The van der Waals surface area contributed by atoms with Crippen molar-refractivity contribution in [3.05, 3.63) is 16.4 Å². The van der Waals surface area contributed by atoms with Gasteiger partial charge in [-0.25, -0.2) is 0 Å². The highest BCUT2D eigenvalue weighted by Gasteiger charge is 2.26. The smallest absolute Gasteiger partial charge is 0.157 e. The van der Waals surface area contributed by atoms with Crippen LogP contribution in [0.5, 0.6) is 0 Å². The third-order valence-electron chi connectivity index (χ3n) is 2.45. The summed E-state index contributed by atoms with van der Waals surface area (Å²) in [5.74, 6) is 0.315. The number of ketones is 1. The third-order valence-corrected chi connectivity index (χ3v) is 3.23. The lowest BCUT2D eigenvalue weighted by atomic mass is 10.2. The van der Waals surface area contributed by atoms with E-state index in [2.05, 4.69) is 21.0 Å². The molecule has 2 rings (SSSR count). The van der Waals surface area contributed by atoms with E-state index in [0.29, 0.717) is 12.2 Å². The molecule has 1 aliphatic carbocycles. The number of carbonyl (C=O) groups excluding carboxylic acids is 1. The molecule has 70 valence electrons. The zero-order chi connectivity index (χ0) is 9.42. The standard InChI is InChI=1S/C9H11BrN2O/c1-6-7(10)5-12(11-6)8-3-2-4-9(8)13/h5,8H,2-4H2,1H3. The van der Waals surface area contributed by atoms with Crippen LogP contribution in [0.3, 0.4) is 0 Å². The molecule has 0 aliphatic heterocycles. The van der Waals surface area contributed by atoms with Gasteiger partial charge in [-0.1, -0.05) is 0 Å². The first-order valence-corrected chi connectivity index (χ1v) is 5.22. The Bertz CT molecular complexity index is 326. The van der Waals surface area contributed by atoms with Gasteiger partial charge in [-0.2, -0.15) is 5.10 Å². The van der Waals surface area contributed by atoms with Crippen LogP contribution in [0.25, 0.3) is 0 Å². The van der Waals surface area contributed by atoms with E-state index in [1.807, 2.05) is 13.1 Å². The molecule has 1 aliphatic rings. The molecule has 0 aromatic carbocycles. The Labute approximate surface area is 85.3 Å². The third kappa shape index (κ3) is 1.55. The summed E-state index contributed by atoms with van der Waals surface area (Å²) >= 11 is 3.39. The van der Waals surface area contributed by atoms with Crippen LogP contribution < -0.4 is 0 Å². The zero-order valence-electron chi connectivity index (χ0n) is 7.46. The Kier molecular flexibility index (Phi) is 2.24. The van der Waals surface area contributed by atoms with Gasteiger partial charge >= 0.3 is 0 Å². The second kappa shape index (κ2) is 3.25. The number of hydrogen-bond donors (Lipinski definition) is 0. The van der Waals surface area contributed by atoms with Gasteiger partial charge in [0.25, 0.3) is 0 Å². The summed E-state index contributed by atoms with van der Waals surface area (Å²) in [6, 6.07) is -0.00926. The summed E-state index contributed by atoms with van der Waals surface area (Å²) in [4.78, 5) is 11.4. The number of Topliss-reactive ketones (excluding diaryl/α,β-unsaturated/α-hetero) is 1. The van der Waals surface area contributed by atoms with Crippen LogP contribution in [0.2, 0.25) is 0 Å². The fourth-order valence-corrected chi connectivity index (χ4v) is 1.99. The van der Waals surface area contributed by atoms with E-state index in [0.717, 1.165) is 23.0 Å². The molecule has 0 saturated heterocycles. The van der Waals surface area contributed by atoms with Gasteiger partial charge in [-0.15, -0.1) is 0 Å². The summed E-state index contributed by atoms with van der Waals surface area (Å²) in [5.41, 5.74) is 0.944. The first-order chi connectivity index (χ1) is 6.18. The largest absolute Gasteiger partial charge is 0.297 e. The minimum atomic E-state index is -0.00926. The van der Waals surface area contributed by atoms with Crippen LogP contribution in [0.15, 0.2) is 10.7 Å². The van der Waals surface area contributed by atoms with Gasteiger partial charge in [0.2, 0.25) is 0 Å². The molecule has 1 heterocycles. The summed E-state index contributed by atoms with van der Waals surface area (Å²) in [5, 5.41) is 4.29. The van der Waals surface area contributed by atoms with Crippen LogP contribution in [0.1, 0.15) is 31.0 Å². The lowest BCUT2D eigenvalue weighted by Gasteiger charge is -2.06. The molecule has 13 heavy (non-hydrogen) atoms. The second-order valence-electron chi connectivity index (χ2n) is 3.42. The molecule has 1 fully saturated rings. The highest BCUT2D eigenvalue weighted by Crippen LogP contribution is 2.27. The number of aromatic nitrogens is 2. The summed E-state index contributed by atoms with van der Waals surface area (Å²) in [6.45, 7) is 1.93. The van der Waals surface area contributed by atoms with Crippen molar-refractivity contribution in [2.45, 2.75) is 32.2 Å². The average Bonchev–Trinajstić information content (AvgIpc) is 2.60. The Hall–Kier alpha value is -0.640. The van der Waals surface area contributed by atoms with Crippen LogP contribution in [-0.2, 0) is 4.79 Å². The van der Waals surface area contributed by atoms with E-state index < -0.39 is 0 Å². The molecule has 3 nitrogen and oxygen atoms in total. The molecule has 0 spiro atoms. The number of nitrogens with zero attached hydrogens (tertiary/aromatic N) is 2. The van der Waals surface area contributed by atoms with Gasteiger partial charge in [-0.3, -0.25) is 9.48 Å². The van der Waals surface area contributed by atoms with Crippen molar-refractivity contribution in [2.24, 2.45) is 0 Å². The second-order valence-corrected chi connectivity index (χ2v) is 4.27. The van der Waals surface area contributed by atoms with E-state index >= 15 is 0 Å². The Balaban J connectivity index is 2.29. The molecule has 1 atom stereocenters. The topological polar surface area (TPSA) is 34.9 Å². The first-order valence-electron chi connectivity index (χ1n) is 4.42. The molecule has 1 aromatic heterocycles. The Morgan fingerprint density at radius 3 is 2.92 bits per heavy atom. The summed E-state index contributed by atoms with van der Waals surface area (Å²) < 4.78 is 2.77. The van der Waals surface area contributed by atoms with Crippen molar-refractivity contribution in [2.75, 3.05) is 0 Å². The number of halogens is 1. The van der Waals surface area contributed by atoms with Gasteiger partial charge < -0.3 is 0 Å². The number of rotatable bonds is 1. The van der Waals surface area contributed by atoms with Crippen LogP contribution >= 0.6 is 15.9 Å². The van der Waals surface area contributed by atoms with E-state index in [1.54, 1.807) is 4.68 Å². The molecule has 0 amide bonds. The van der Waals surface area contributed by atoms with E-state index in [4.69, 9.17) is 0 Å². The van der Waals surface area contributed by atoms with E-state index in [9.17, 15) is 4.79 Å². The fraction of sp³-hybridized carbons (Fsp3) is 0.556. The fourth-order valence-electron chi connectivity index (χ4n) is 1.70. The van der Waals surface area contributed by atoms with Crippen LogP contribution in [0, 0.1) is 6.92 Å². The highest BCUT2D eigenvalue weighted by molar-refractivity contribution is 9.10. The molecule has 4 heteroatoms. The molecular weight excluding hydrogens is 232 g/mol. The Morgan fingerprint density at radius 2 is 2.46 bits per heavy atom. The quantitative estimate of drug-likeness (QED) is 0.758. The number of carbonyl (C=O) groups is 1. The minimum Gasteiger partial charge on any atom is -0.297 e. The molecular formula is C9H11BrN2O. The van der Waals surface area contributed by atoms with E-state index in [-0.39, 0.29) is 6.04 Å². The van der Waals surface area contributed by atoms with Gasteiger partial charge in [0.15, 0.2) is 5.78 Å². The zero-order valence-corrected chi connectivity index (χ0v) is 9.04. The van der Waals surface area contributed by atoms with Crippen LogP contribution in [-0.4, -0.2) is 15.6 Å². The van der Waals surface area contributed by atoms with Crippen molar-refractivity contribution in [3.8, 4) is 0 Å². The van der Waals surface area contributed by atoms with Gasteiger partial charge in [0, 0.05) is 12.6 Å². The molecule has 0 radical (unpaired) electrons. The molecule has 0 bridgehead atoms. The highest BCUT2D eigenvalue weighted by atomic mass is 79.9. The van der Waals surface area contributed by atoms with Crippen molar-refractivity contribution in [1.82, 2.24) is 9.78 Å². The first kappa shape index (κ1) is 8.94. The molecule has 1 unspecified atom stereocenters. The van der Waals surface area contributed by atoms with Gasteiger partial charge in [0.1, 0.15) is 6.04 Å². The number of aryl methyl sites for hydroxylation is 1. The van der Waals surface area contributed by atoms with Crippen molar-refractivity contribution in [3.63, 3.8) is 0 Å². The number of hydrogen-bond acceptors (Lipinski definition) is 2. The van der Waals surface area contributed by atoms with Gasteiger partial charge in [-0.05, 0) is 35.7 Å². The molecule has 1 saturated carbocycles. The van der Waals surface area contributed by atoms with Crippen molar-refractivity contribution in [1.29, 1.82) is 0 Å². The maximum atomic E-state index is 11.4. The maximum Gasteiger partial charge on any atom is 0.157 e. The predicted molar refractivity (Wildman–Crippen MR) is 52.6 cm³/mol. The van der Waals surface area contributed by atoms with Crippen molar-refractivity contribution < 1.29 is 4.79 Å². The summed E-state index contributed by atoms with van der Waals surface area (Å²) in [6.07, 6.45) is 4.54. The summed E-state index contributed by atoms with van der Waals surface area (Å²) in [7, 11) is 0. The monoisotopic (exact) mass is 242 g/mol. The van der Waals surface area contributed by atoms with Gasteiger partial charge in [0.05, 0.1) is 10.2 Å². The Morgan fingerprint density at radius 1 is 1.69 bits per heavy atom. The maximum absolute atomic E-state index is 11.4. The van der Waals surface area contributed by atoms with Crippen LogP contribution in [0.4, 0.5) is 0 Å². The van der Waals surface area contributed by atoms with E-state index in [1.165, 1.54) is 0 Å².